The molecule has 1 amide bonds. The fourth-order valence-electron chi connectivity index (χ4n) is 0.834. The lowest BCUT2D eigenvalue weighted by atomic mass is 10.1. The van der Waals surface area contributed by atoms with Gasteiger partial charge in [0.1, 0.15) is 6.04 Å². The van der Waals surface area contributed by atoms with Gasteiger partial charge in [-0.05, 0) is 0 Å². The summed E-state index contributed by atoms with van der Waals surface area (Å²) in [6, 6.07) is -0.227. The molecule has 3 nitrogen and oxygen atoms in total. The van der Waals surface area contributed by atoms with Crippen LogP contribution in [0.5, 0.6) is 0 Å². The topological polar surface area (TPSA) is 52.9 Å². The van der Waals surface area contributed by atoms with Crippen LogP contribution in [0, 0.1) is 11.3 Å². The van der Waals surface area contributed by atoms with Gasteiger partial charge in [0.05, 0.1) is 11.6 Å². The van der Waals surface area contributed by atoms with E-state index < -0.39 is 23.7 Å². The lowest BCUT2D eigenvalue weighted by molar-refractivity contribution is -0.116. The van der Waals surface area contributed by atoms with Crippen molar-refractivity contribution in [3.63, 3.8) is 0 Å². The number of carbonyl (C=O) groups excluding carboxylic acids is 1. The molecule has 0 saturated carbocycles. The molecule has 1 heterocycles. The number of hydrogen-bond acceptors (Lipinski definition) is 2. The third kappa shape index (κ3) is 1.39. The molecule has 1 N–H and O–H groups in total. The van der Waals surface area contributed by atoms with E-state index in [-0.39, 0.29) is 0 Å². The second-order valence-electron chi connectivity index (χ2n) is 2.17. The smallest absolute Gasteiger partial charge is 0.333 e. The Bertz CT molecular complexity index is 286. The van der Waals surface area contributed by atoms with E-state index in [2.05, 4.69) is 0 Å². The van der Waals surface area contributed by atoms with E-state index in [9.17, 15) is 18.0 Å². The van der Waals surface area contributed by atoms with E-state index in [0.717, 1.165) is 0 Å². The Morgan fingerprint density at radius 3 is 2.50 bits per heavy atom. The van der Waals surface area contributed by atoms with Crippen LogP contribution in [0.15, 0.2) is 11.6 Å². The highest BCUT2D eigenvalue weighted by Gasteiger charge is 2.43. The number of nitrogens with one attached hydrogen (secondary N) is 1. The number of nitriles is 1. The number of carbonyl (C=O) groups is 1. The van der Waals surface area contributed by atoms with Crippen LogP contribution in [0.3, 0.4) is 0 Å². The third-order valence-electron chi connectivity index (χ3n) is 1.34. The van der Waals surface area contributed by atoms with Gasteiger partial charge in [0.2, 0.25) is 5.91 Å². The van der Waals surface area contributed by atoms with Crippen molar-refractivity contribution < 1.29 is 18.0 Å². The first-order valence-electron chi connectivity index (χ1n) is 2.94. The molecule has 12 heavy (non-hydrogen) atoms. The maximum Gasteiger partial charge on any atom is 0.415 e. The Labute approximate surface area is 65.5 Å². The van der Waals surface area contributed by atoms with Crippen LogP contribution >= 0.6 is 0 Å². The molecule has 64 valence electrons. The molecule has 0 spiro atoms. The summed E-state index contributed by atoms with van der Waals surface area (Å²) in [6.45, 7) is 0. The first-order valence-corrected chi connectivity index (χ1v) is 2.94. The summed E-state index contributed by atoms with van der Waals surface area (Å²) >= 11 is 0. The molecule has 0 aliphatic carbocycles. The Hall–Kier alpha value is -1.51. The minimum absolute atomic E-state index is 0.397. The van der Waals surface area contributed by atoms with Crippen molar-refractivity contribution in [2.75, 3.05) is 0 Å². The number of halogens is 3. The summed E-state index contributed by atoms with van der Waals surface area (Å²) in [5, 5.41) is 10.1. The van der Waals surface area contributed by atoms with E-state index in [1.165, 1.54) is 6.07 Å². The first-order chi connectivity index (χ1) is 5.45. The number of nitrogens with zero attached hydrogens (tertiary/aromatic N) is 1. The zero-order valence-corrected chi connectivity index (χ0v) is 5.64. The van der Waals surface area contributed by atoms with Crippen LogP contribution in [-0.4, -0.2) is 18.1 Å². The quantitative estimate of drug-likeness (QED) is 0.584. The fraction of sp³-hybridized carbons (Fsp3) is 0.333. The van der Waals surface area contributed by atoms with Gasteiger partial charge in [-0.1, -0.05) is 0 Å². The molecule has 1 aliphatic rings. The molecule has 1 atom stereocenters. The summed E-state index contributed by atoms with van der Waals surface area (Å²) in [6.07, 6.45) is -4.21. The van der Waals surface area contributed by atoms with Crippen LogP contribution < -0.4 is 5.32 Å². The number of hydrogen-bond donors (Lipinski definition) is 1. The zero-order chi connectivity index (χ0) is 9.35. The molecule has 0 aromatic heterocycles. The van der Waals surface area contributed by atoms with Gasteiger partial charge in [0.15, 0.2) is 0 Å². The van der Waals surface area contributed by atoms with Crippen molar-refractivity contribution >= 4 is 5.91 Å². The Morgan fingerprint density at radius 1 is 1.58 bits per heavy atom. The van der Waals surface area contributed by atoms with Gasteiger partial charge in [0.25, 0.3) is 0 Å². The summed E-state index contributed by atoms with van der Waals surface area (Å²) in [5.41, 5.74) is -1.13. The Morgan fingerprint density at radius 2 is 2.17 bits per heavy atom. The Balaban J connectivity index is 2.97. The SMILES string of the molecule is N#CC1NC(=O)C=C1C(F)(F)F. The minimum atomic E-state index is -4.61. The molecule has 1 aliphatic heterocycles. The fourth-order valence-corrected chi connectivity index (χ4v) is 0.834. The van der Waals surface area contributed by atoms with Gasteiger partial charge in [-0.15, -0.1) is 0 Å². The molecule has 1 rings (SSSR count). The van der Waals surface area contributed by atoms with Crippen molar-refractivity contribution in [3.8, 4) is 6.07 Å². The van der Waals surface area contributed by atoms with Crippen molar-refractivity contribution in [2.45, 2.75) is 12.2 Å². The summed E-state index contributed by atoms with van der Waals surface area (Å²) in [7, 11) is 0. The molecule has 0 aromatic carbocycles. The highest BCUT2D eigenvalue weighted by atomic mass is 19.4. The summed E-state index contributed by atoms with van der Waals surface area (Å²) < 4.78 is 35.9. The standard InChI is InChI=1S/C6H3F3N2O/c7-6(8,9)3-1-5(12)11-4(3)2-10/h1,4H,(H,11,12). The molecule has 0 fully saturated rings. The van der Waals surface area contributed by atoms with Gasteiger partial charge in [-0.25, -0.2) is 0 Å². The van der Waals surface area contributed by atoms with Crippen molar-refractivity contribution in [1.82, 2.24) is 5.32 Å². The van der Waals surface area contributed by atoms with Crippen LogP contribution in [0.1, 0.15) is 0 Å². The van der Waals surface area contributed by atoms with Crippen LogP contribution in [-0.2, 0) is 4.79 Å². The zero-order valence-electron chi connectivity index (χ0n) is 5.64. The molecule has 0 saturated heterocycles. The molecular weight excluding hydrogens is 173 g/mol. The number of alkyl halides is 3. The average Bonchev–Trinajstić information content (AvgIpc) is 2.29. The first kappa shape index (κ1) is 8.59. The van der Waals surface area contributed by atoms with Crippen LogP contribution in [0.2, 0.25) is 0 Å². The third-order valence-corrected chi connectivity index (χ3v) is 1.34. The number of amides is 1. The predicted octanol–water partition coefficient (Wildman–Crippen LogP) is 0.497. The van der Waals surface area contributed by atoms with E-state index in [1.807, 2.05) is 5.32 Å². The van der Waals surface area contributed by atoms with Gasteiger partial charge in [-0.2, -0.15) is 18.4 Å². The number of rotatable bonds is 0. The monoisotopic (exact) mass is 176 g/mol. The maximum absolute atomic E-state index is 12.0. The van der Waals surface area contributed by atoms with Crippen molar-refractivity contribution in [2.24, 2.45) is 0 Å². The van der Waals surface area contributed by atoms with E-state index in [1.54, 1.807) is 0 Å². The second-order valence-corrected chi connectivity index (χ2v) is 2.17. The van der Waals surface area contributed by atoms with Gasteiger partial charge >= 0.3 is 6.18 Å². The predicted molar refractivity (Wildman–Crippen MR) is 31.7 cm³/mol. The molecular formula is C6H3F3N2O. The highest BCUT2D eigenvalue weighted by Crippen LogP contribution is 2.30. The normalized spacial score (nSPS) is 23.0. The van der Waals surface area contributed by atoms with Gasteiger partial charge < -0.3 is 5.32 Å². The minimum Gasteiger partial charge on any atom is -0.333 e. The largest absolute Gasteiger partial charge is 0.415 e. The molecule has 0 aromatic rings. The molecule has 0 bridgehead atoms. The van der Waals surface area contributed by atoms with Crippen LogP contribution in [0.25, 0.3) is 0 Å². The summed E-state index contributed by atoms with van der Waals surface area (Å²) in [5.74, 6) is -0.881. The van der Waals surface area contributed by atoms with Crippen molar-refractivity contribution in [3.05, 3.63) is 11.6 Å². The van der Waals surface area contributed by atoms with E-state index in [4.69, 9.17) is 5.26 Å². The lowest BCUT2D eigenvalue weighted by Gasteiger charge is -2.09. The Kier molecular flexibility index (Phi) is 1.80. The lowest BCUT2D eigenvalue weighted by Crippen LogP contribution is -2.31. The second kappa shape index (κ2) is 2.52. The summed E-state index contributed by atoms with van der Waals surface area (Å²) in [4.78, 5) is 10.4. The molecule has 0 radical (unpaired) electrons. The van der Waals surface area contributed by atoms with E-state index >= 15 is 0 Å². The van der Waals surface area contributed by atoms with Gasteiger partial charge in [0, 0.05) is 6.08 Å². The maximum atomic E-state index is 12.0. The average molecular weight is 176 g/mol. The van der Waals surface area contributed by atoms with Crippen molar-refractivity contribution in [1.29, 1.82) is 5.26 Å². The molecule has 1 unspecified atom stereocenters. The van der Waals surface area contributed by atoms with E-state index in [0.29, 0.717) is 6.08 Å². The van der Waals surface area contributed by atoms with Crippen LogP contribution in [0.4, 0.5) is 13.2 Å². The highest BCUT2D eigenvalue weighted by molar-refractivity contribution is 5.92. The van der Waals surface area contributed by atoms with Gasteiger partial charge in [-0.3, -0.25) is 4.79 Å². The molecule has 6 heteroatoms.